The van der Waals surface area contributed by atoms with Crippen LogP contribution in [0.2, 0.25) is 0 Å². The summed E-state index contributed by atoms with van der Waals surface area (Å²) >= 11 is 0. The number of ketones is 1. The van der Waals surface area contributed by atoms with Crippen LogP contribution in [0.5, 0.6) is 11.5 Å². The zero-order valence-corrected chi connectivity index (χ0v) is 12.4. The highest BCUT2D eigenvalue weighted by Gasteiger charge is 2.14. The Morgan fingerprint density at radius 3 is 2.59 bits per heavy atom. The monoisotopic (exact) mass is 297 g/mol. The molecule has 0 saturated carbocycles. The van der Waals surface area contributed by atoms with Crippen molar-refractivity contribution in [3.63, 3.8) is 0 Å². The number of nitrogens with one attached hydrogen (secondary N) is 1. The second-order valence-corrected chi connectivity index (χ2v) is 5.19. The van der Waals surface area contributed by atoms with E-state index in [0.29, 0.717) is 36.8 Å². The molecule has 1 aliphatic heterocycles. The Balaban J connectivity index is 1.49. The van der Waals surface area contributed by atoms with Crippen LogP contribution in [0.1, 0.15) is 15.9 Å². The van der Waals surface area contributed by atoms with Gasteiger partial charge in [-0.15, -0.1) is 0 Å². The van der Waals surface area contributed by atoms with Gasteiger partial charge in [-0.25, -0.2) is 0 Å². The van der Waals surface area contributed by atoms with Crippen LogP contribution in [0, 0.1) is 0 Å². The zero-order chi connectivity index (χ0) is 15.2. The van der Waals surface area contributed by atoms with Gasteiger partial charge in [0.15, 0.2) is 17.3 Å². The molecule has 1 N–H and O–H groups in total. The third-order valence-electron chi connectivity index (χ3n) is 3.58. The van der Waals surface area contributed by atoms with E-state index in [-0.39, 0.29) is 5.78 Å². The van der Waals surface area contributed by atoms with Crippen molar-refractivity contribution < 1.29 is 14.3 Å². The van der Waals surface area contributed by atoms with Crippen molar-refractivity contribution in [1.82, 2.24) is 5.32 Å². The van der Waals surface area contributed by atoms with E-state index in [0.717, 1.165) is 13.0 Å². The molecule has 4 heteroatoms. The fourth-order valence-electron chi connectivity index (χ4n) is 2.40. The number of ether oxygens (including phenoxy) is 2. The Hall–Kier alpha value is -2.33. The molecule has 0 atom stereocenters. The van der Waals surface area contributed by atoms with Gasteiger partial charge in [-0.3, -0.25) is 4.79 Å². The second kappa shape index (κ2) is 7.09. The normalized spacial score (nSPS) is 12.9. The summed E-state index contributed by atoms with van der Waals surface area (Å²) in [6.07, 6.45) is 0.912. The molecule has 0 spiro atoms. The highest BCUT2D eigenvalue weighted by atomic mass is 16.6. The van der Waals surface area contributed by atoms with E-state index < -0.39 is 0 Å². The summed E-state index contributed by atoms with van der Waals surface area (Å²) in [5.74, 6) is 1.42. The first kappa shape index (κ1) is 14.6. The molecule has 0 amide bonds. The molecule has 1 heterocycles. The SMILES string of the molecule is O=C(CNCCc1ccccc1)c1ccc2c(c1)OCCO2. The second-order valence-electron chi connectivity index (χ2n) is 5.19. The lowest BCUT2D eigenvalue weighted by atomic mass is 10.1. The number of fused-ring (bicyclic) bond motifs is 1. The van der Waals surface area contributed by atoms with Gasteiger partial charge < -0.3 is 14.8 Å². The minimum absolute atomic E-state index is 0.0602. The number of carbonyl (C=O) groups excluding carboxylic acids is 1. The van der Waals surface area contributed by atoms with E-state index in [1.54, 1.807) is 18.2 Å². The molecule has 0 radical (unpaired) electrons. The Morgan fingerprint density at radius 2 is 1.77 bits per heavy atom. The number of benzene rings is 2. The van der Waals surface area contributed by atoms with Crippen LogP contribution < -0.4 is 14.8 Å². The zero-order valence-electron chi connectivity index (χ0n) is 12.4. The maximum atomic E-state index is 12.2. The van der Waals surface area contributed by atoms with Gasteiger partial charge in [0.25, 0.3) is 0 Å². The van der Waals surface area contributed by atoms with E-state index in [4.69, 9.17) is 9.47 Å². The average molecular weight is 297 g/mol. The minimum atomic E-state index is 0.0602. The predicted octanol–water partition coefficient (Wildman–Crippen LogP) is 2.47. The molecular weight excluding hydrogens is 278 g/mol. The fraction of sp³-hybridized carbons (Fsp3) is 0.278. The van der Waals surface area contributed by atoms with Crippen LogP contribution in [0.15, 0.2) is 48.5 Å². The maximum Gasteiger partial charge on any atom is 0.176 e. The number of carbonyl (C=O) groups is 1. The molecule has 0 saturated heterocycles. The molecule has 22 heavy (non-hydrogen) atoms. The summed E-state index contributed by atoms with van der Waals surface area (Å²) in [7, 11) is 0. The molecule has 4 nitrogen and oxygen atoms in total. The molecule has 3 rings (SSSR count). The average Bonchev–Trinajstić information content (AvgIpc) is 2.59. The third kappa shape index (κ3) is 3.65. The van der Waals surface area contributed by atoms with Crippen LogP contribution in [0.4, 0.5) is 0 Å². The van der Waals surface area contributed by atoms with Gasteiger partial charge >= 0.3 is 0 Å². The van der Waals surface area contributed by atoms with Crippen LogP contribution in [-0.2, 0) is 6.42 Å². The van der Waals surface area contributed by atoms with Gasteiger partial charge in [-0.1, -0.05) is 30.3 Å². The van der Waals surface area contributed by atoms with Gasteiger partial charge in [0.2, 0.25) is 0 Å². The lowest BCUT2D eigenvalue weighted by Crippen LogP contribution is -2.25. The van der Waals surface area contributed by atoms with E-state index in [2.05, 4.69) is 17.4 Å². The molecule has 2 aromatic rings. The Bertz CT molecular complexity index is 640. The van der Waals surface area contributed by atoms with Gasteiger partial charge in [0, 0.05) is 5.56 Å². The molecule has 0 aromatic heterocycles. The molecule has 0 fully saturated rings. The summed E-state index contributed by atoms with van der Waals surface area (Å²) in [5, 5.41) is 3.19. The van der Waals surface area contributed by atoms with Crippen molar-refractivity contribution in [3.8, 4) is 11.5 Å². The van der Waals surface area contributed by atoms with E-state index in [1.165, 1.54) is 5.56 Å². The molecule has 2 aromatic carbocycles. The number of Topliss-reactive ketones (excluding diaryl/α,β-unsaturated/α-hetero) is 1. The predicted molar refractivity (Wildman–Crippen MR) is 84.8 cm³/mol. The van der Waals surface area contributed by atoms with Crippen LogP contribution in [-0.4, -0.2) is 32.1 Å². The number of hydrogen-bond donors (Lipinski definition) is 1. The number of hydrogen-bond acceptors (Lipinski definition) is 4. The molecular formula is C18H19NO3. The molecule has 0 unspecified atom stereocenters. The van der Waals surface area contributed by atoms with Gasteiger partial charge in [0.1, 0.15) is 13.2 Å². The minimum Gasteiger partial charge on any atom is -0.486 e. The summed E-state index contributed by atoms with van der Waals surface area (Å²) in [6.45, 7) is 2.19. The Morgan fingerprint density at radius 1 is 1.00 bits per heavy atom. The lowest BCUT2D eigenvalue weighted by Gasteiger charge is -2.18. The van der Waals surface area contributed by atoms with Gasteiger partial charge in [0.05, 0.1) is 6.54 Å². The standard InChI is InChI=1S/C18H19NO3/c20-16(13-19-9-8-14-4-2-1-3-5-14)15-6-7-17-18(12-15)22-11-10-21-17/h1-7,12,19H,8-11,13H2. The quantitative estimate of drug-likeness (QED) is 0.657. The van der Waals surface area contributed by atoms with Crippen LogP contribution in [0.25, 0.3) is 0 Å². The molecule has 1 aliphatic rings. The Labute approximate surface area is 130 Å². The maximum absolute atomic E-state index is 12.2. The molecule has 114 valence electrons. The first-order chi connectivity index (χ1) is 10.8. The first-order valence-electron chi connectivity index (χ1n) is 7.50. The smallest absolute Gasteiger partial charge is 0.176 e. The fourth-order valence-corrected chi connectivity index (χ4v) is 2.40. The highest BCUT2D eigenvalue weighted by molar-refractivity contribution is 5.98. The van der Waals surface area contributed by atoms with E-state index in [9.17, 15) is 4.79 Å². The third-order valence-corrected chi connectivity index (χ3v) is 3.58. The van der Waals surface area contributed by atoms with Crippen molar-refractivity contribution in [3.05, 3.63) is 59.7 Å². The van der Waals surface area contributed by atoms with Crippen molar-refractivity contribution in [2.45, 2.75) is 6.42 Å². The summed E-state index contributed by atoms with van der Waals surface area (Å²) in [6, 6.07) is 15.6. The van der Waals surface area contributed by atoms with Crippen molar-refractivity contribution in [2.75, 3.05) is 26.3 Å². The summed E-state index contributed by atoms with van der Waals surface area (Å²) in [5.41, 5.74) is 1.92. The summed E-state index contributed by atoms with van der Waals surface area (Å²) in [4.78, 5) is 12.2. The van der Waals surface area contributed by atoms with Crippen LogP contribution >= 0.6 is 0 Å². The molecule has 0 aliphatic carbocycles. The van der Waals surface area contributed by atoms with E-state index >= 15 is 0 Å². The lowest BCUT2D eigenvalue weighted by molar-refractivity contribution is 0.0990. The Kier molecular flexibility index (Phi) is 4.71. The van der Waals surface area contributed by atoms with Crippen molar-refractivity contribution in [2.24, 2.45) is 0 Å². The van der Waals surface area contributed by atoms with Crippen molar-refractivity contribution in [1.29, 1.82) is 0 Å². The topological polar surface area (TPSA) is 47.6 Å². The van der Waals surface area contributed by atoms with Gasteiger partial charge in [-0.05, 0) is 36.7 Å². The first-order valence-corrected chi connectivity index (χ1v) is 7.50. The van der Waals surface area contributed by atoms with E-state index in [1.807, 2.05) is 18.2 Å². The molecule has 0 bridgehead atoms. The summed E-state index contributed by atoms with van der Waals surface area (Å²) < 4.78 is 11.0. The largest absolute Gasteiger partial charge is 0.486 e. The van der Waals surface area contributed by atoms with Gasteiger partial charge in [-0.2, -0.15) is 0 Å². The van der Waals surface area contributed by atoms with Crippen molar-refractivity contribution >= 4 is 5.78 Å². The number of rotatable bonds is 6. The van der Waals surface area contributed by atoms with Crippen LogP contribution in [0.3, 0.4) is 0 Å². The highest BCUT2D eigenvalue weighted by Crippen LogP contribution is 2.30.